The fraction of sp³-hybridized carbons (Fsp3) is 0.350. The Morgan fingerprint density at radius 1 is 1.00 bits per heavy atom. The molecule has 1 aromatic heterocycles. The number of benzene rings is 1. The standard InChI is InChI=1S/C20H22N4O4/c25-19(22-15-4-5-16-17(13-15)28-14-27-16)6-7-20(26)24-11-9-23(10-12-24)18-3-1-2-8-21-18/h1-5,8,13H,6-7,9-12,14H2,(H,22,25). The summed E-state index contributed by atoms with van der Waals surface area (Å²) in [4.78, 5) is 32.9. The van der Waals surface area contributed by atoms with E-state index in [0.717, 1.165) is 18.9 Å². The second kappa shape index (κ2) is 8.16. The largest absolute Gasteiger partial charge is 0.454 e. The summed E-state index contributed by atoms with van der Waals surface area (Å²) in [5.74, 6) is 2.01. The normalized spacial score (nSPS) is 15.4. The number of anilines is 2. The van der Waals surface area contributed by atoms with Gasteiger partial charge in [0.05, 0.1) is 0 Å². The second-order valence-corrected chi connectivity index (χ2v) is 6.67. The Kier molecular flexibility index (Phi) is 5.27. The van der Waals surface area contributed by atoms with Crippen molar-refractivity contribution in [3.8, 4) is 11.5 Å². The van der Waals surface area contributed by atoms with Crippen LogP contribution in [-0.4, -0.2) is 54.7 Å². The minimum Gasteiger partial charge on any atom is -0.454 e. The highest BCUT2D eigenvalue weighted by Gasteiger charge is 2.22. The quantitative estimate of drug-likeness (QED) is 0.850. The van der Waals surface area contributed by atoms with Crippen molar-refractivity contribution in [2.24, 2.45) is 0 Å². The van der Waals surface area contributed by atoms with Gasteiger partial charge in [0.1, 0.15) is 5.82 Å². The van der Waals surface area contributed by atoms with E-state index < -0.39 is 0 Å². The first kappa shape index (κ1) is 18.1. The van der Waals surface area contributed by atoms with E-state index in [9.17, 15) is 9.59 Å². The fourth-order valence-electron chi connectivity index (χ4n) is 3.30. The van der Waals surface area contributed by atoms with Gasteiger partial charge in [0.25, 0.3) is 0 Å². The molecule has 0 atom stereocenters. The lowest BCUT2D eigenvalue weighted by Gasteiger charge is -2.35. The molecule has 8 nitrogen and oxygen atoms in total. The number of rotatable bonds is 5. The molecule has 2 aliphatic heterocycles. The van der Waals surface area contributed by atoms with Gasteiger partial charge in [-0.1, -0.05) is 6.07 Å². The highest BCUT2D eigenvalue weighted by molar-refractivity contribution is 5.93. The van der Waals surface area contributed by atoms with Gasteiger partial charge in [-0.2, -0.15) is 0 Å². The third kappa shape index (κ3) is 4.16. The van der Waals surface area contributed by atoms with Crippen molar-refractivity contribution in [2.45, 2.75) is 12.8 Å². The van der Waals surface area contributed by atoms with Crippen LogP contribution >= 0.6 is 0 Å². The zero-order valence-electron chi connectivity index (χ0n) is 15.5. The average Bonchev–Trinajstić information content (AvgIpc) is 3.21. The molecule has 0 spiro atoms. The van der Waals surface area contributed by atoms with Crippen LogP contribution in [0.1, 0.15) is 12.8 Å². The second-order valence-electron chi connectivity index (χ2n) is 6.67. The lowest BCUT2D eigenvalue weighted by molar-refractivity contribution is -0.133. The number of hydrogen-bond donors (Lipinski definition) is 1. The maximum Gasteiger partial charge on any atom is 0.231 e. The summed E-state index contributed by atoms with van der Waals surface area (Å²) in [5.41, 5.74) is 0.630. The Labute approximate surface area is 163 Å². The number of aromatic nitrogens is 1. The van der Waals surface area contributed by atoms with E-state index in [1.807, 2.05) is 23.1 Å². The molecule has 0 bridgehead atoms. The molecular weight excluding hydrogens is 360 g/mol. The predicted octanol–water partition coefficient (Wildman–Crippen LogP) is 1.88. The minimum absolute atomic E-state index is 0.00140. The van der Waals surface area contributed by atoms with Crippen LogP contribution in [0.2, 0.25) is 0 Å². The first-order chi connectivity index (χ1) is 13.7. The highest BCUT2D eigenvalue weighted by atomic mass is 16.7. The number of carbonyl (C=O) groups is 2. The van der Waals surface area contributed by atoms with Gasteiger partial charge in [-0.15, -0.1) is 0 Å². The van der Waals surface area contributed by atoms with Crippen LogP contribution in [0.15, 0.2) is 42.6 Å². The number of pyridine rings is 1. The van der Waals surface area contributed by atoms with E-state index in [1.165, 1.54) is 0 Å². The molecule has 2 aromatic rings. The summed E-state index contributed by atoms with van der Waals surface area (Å²) in [5, 5.41) is 2.80. The molecular formula is C20H22N4O4. The molecule has 2 amide bonds. The molecule has 1 saturated heterocycles. The Bertz CT molecular complexity index is 851. The lowest BCUT2D eigenvalue weighted by atomic mass is 10.2. The maximum absolute atomic E-state index is 12.4. The van der Waals surface area contributed by atoms with Crippen LogP contribution in [0.5, 0.6) is 11.5 Å². The zero-order valence-corrected chi connectivity index (χ0v) is 15.5. The Morgan fingerprint density at radius 3 is 2.61 bits per heavy atom. The molecule has 1 aromatic carbocycles. The summed E-state index contributed by atoms with van der Waals surface area (Å²) in [6, 6.07) is 11.0. The van der Waals surface area contributed by atoms with Gasteiger partial charge in [-0.05, 0) is 24.3 Å². The molecule has 0 saturated carbocycles. The summed E-state index contributed by atoms with van der Waals surface area (Å²) in [7, 11) is 0. The first-order valence-electron chi connectivity index (χ1n) is 9.32. The molecule has 2 aliphatic rings. The van der Waals surface area contributed by atoms with Crippen LogP contribution in [0.4, 0.5) is 11.5 Å². The molecule has 3 heterocycles. The van der Waals surface area contributed by atoms with E-state index in [2.05, 4.69) is 15.2 Å². The topological polar surface area (TPSA) is 84.0 Å². The highest BCUT2D eigenvalue weighted by Crippen LogP contribution is 2.34. The zero-order chi connectivity index (χ0) is 19.3. The van der Waals surface area contributed by atoms with Gasteiger partial charge in [-0.25, -0.2) is 4.98 Å². The minimum atomic E-state index is -0.195. The number of nitrogens with one attached hydrogen (secondary N) is 1. The van der Waals surface area contributed by atoms with Crippen LogP contribution in [0.25, 0.3) is 0 Å². The van der Waals surface area contributed by atoms with E-state index >= 15 is 0 Å². The molecule has 28 heavy (non-hydrogen) atoms. The summed E-state index contributed by atoms with van der Waals surface area (Å²) in [6.07, 6.45) is 2.11. The van der Waals surface area contributed by atoms with Crippen molar-refractivity contribution in [3.63, 3.8) is 0 Å². The third-order valence-corrected chi connectivity index (χ3v) is 4.83. The van der Waals surface area contributed by atoms with Gasteiger partial charge in [0, 0.05) is 57.0 Å². The molecule has 1 N–H and O–H groups in total. The van der Waals surface area contributed by atoms with Crippen LogP contribution < -0.4 is 19.7 Å². The monoisotopic (exact) mass is 382 g/mol. The van der Waals surface area contributed by atoms with Crippen LogP contribution in [0, 0.1) is 0 Å². The van der Waals surface area contributed by atoms with Crippen molar-refractivity contribution in [3.05, 3.63) is 42.6 Å². The lowest BCUT2D eigenvalue weighted by Crippen LogP contribution is -2.49. The van der Waals surface area contributed by atoms with Crippen LogP contribution in [0.3, 0.4) is 0 Å². The smallest absolute Gasteiger partial charge is 0.231 e. The summed E-state index contributed by atoms with van der Waals surface area (Å²) in [6.45, 7) is 2.95. The molecule has 8 heteroatoms. The average molecular weight is 382 g/mol. The van der Waals surface area contributed by atoms with Gasteiger partial charge in [-0.3, -0.25) is 9.59 Å². The van der Waals surface area contributed by atoms with Gasteiger partial charge in [0.2, 0.25) is 18.6 Å². The number of hydrogen-bond acceptors (Lipinski definition) is 6. The molecule has 146 valence electrons. The van der Waals surface area contributed by atoms with E-state index in [1.54, 1.807) is 24.4 Å². The van der Waals surface area contributed by atoms with Gasteiger partial charge < -0.3 is 24.6 Å². The van der Waals surface area contributed by atoms with E-state index in [-0.39, 0.29) is 31.4 Å². The first-order valence-corrected chi connectivity index (χ1v) is 9.32. The van der Waals surface area contributed by atoms with Crippen LogP contribution in [-0.2, 0) is 9.59 Å². The number of amides is 2. The molecule has 0 radical (unpaired) electrons. The van der Waals surface area contributed by atoms with E-state index in [0.29, 0.717) is 30.3 Å². The van der Waals surface area contributed by atoms with Crippen molar-refractivity contribution >= 4 is 23.3 Å². The van der Waals surface area contributed by atoms with Gasteiger partial charge in [0.15, 0.2) is 11.5 Å². The Hall–Kier alpha value is -3.29. The molecule has 4 rings (SSSR count). The van der Waals surface area contributed by atoms with Crippen molar-refractivity contribution in [1.82, 2.24) is 9.88 Å². The van der Waals surface area contributed by atoms with E-state index in [4.69, 9.17) is 9.47 Å². The summed E-state index contributed by atoms with van der Waals surface area (Å²) < 4.78 is 10.5. The predicted molar refractivity (Wildman–Crippen MR) is 103 cm³/mol. The fourth-order valence-corrected chi connectivity index (χ4v) is 3.30. The Balaban J connectivity index is 1.22. The number of piperazine rings is 1. The SMILES string of the molecule is O=C(CCC(=O)N1CCN(c2ccccn2)CC1)Nc1ccc2c(c1)OCO2. The number of ether oxygens (including phenoxy) is 2. The summed E-state index contributed by atoms with van der Waals surface area (Å²) >= 11 is 0. The third-order valence-electron chi connectivity index (χ3n) is 4.83. The molecule has 1 fully saturated rings. The van der Waals surface area contributed by atoms with Crippen molar-refractivity contribution < 1.29 is 19.1 Å². The molecule has 0 aliphatic carbocycles. The number of carbonyl (C=O) groups excluding carboxylic acids is 2. The number of nitrogens with zero attached hydrogens (tertiary/aromatic N) is 3. The maximum atomic E-state index is 12.4. The molecule has 0 unspecified atom stereocenters. The Morgan fingerprint density at radius 2 is 1.82 bits per heavy atom. The number of fused-ring (bicyclic) bond motifs is 1. The van der Waals surface area contributed by atoms with Gasteiger partial charge >= 0.3 is 0 Å². The van der Waals surface area contributed by atoms with Crippen molar-refractivity contribution in [2.75, 3.05) is 43.2 Å². The van der Waals surface area contributed by atoms with Crippen molar-refractivity contribution in [1.29, 1.82) is 0 Å².